The van der Waals surface area contributed by atoms with Gasteiger partial charge in [0, 0.05) is 17.5 Å². The molecule has 0 saturated heterocycles. The Morgan fingerprint density at radius 2 is 1.72 bits per heavy atom. The Morgan fingerprint density at radius 3 is 2.52 bits per heavy atom. The van der Waals surface area contributed by atoms with E-state index in [1.807, 2.05) is 12.3 Å². The first-order chi connectivity index (χ1) is 14.1. The van der Waals surface area contributed by atoms with Gasteiger partial charge in [-0.3, -0.25) is 4.98 Å². The monoisotopic (exact) mass is 379 g/mol. The van der Waals surface area contributed by atoms with Crippen LogP contribution in [0.15, 0.2) is 72.9 Å². The Kier molecular flexibility index (Phi) is 5.49. The molecule has 146 valence electrons. The lowest BCUT2D eigenvalue weighted by atomic mass is 9.87. The van der Waals surface area contributed by atoms with E-state index in [2.05, 4.69) is 93.3 Å². The summed E-state index contributed by atoms with van der Waals surface area (Å²) in [6.07, 6.45) is 4.32. The molecule has 1 aromatic heterocycles. The highest BCUT2D eigenvalue weighted by molar-refractivity contribution is 5.79. The van der Waals surface area contributed by atoms with E-state index >= 15 is 0 Å². The number of fused-ring (bicyclic) bond motifs is 1. The molecule has 1 nitrogen and oxygen atoms in total. The minimum absolute atomic E-state index is 0.314. The van der Waals surface area contributed by atoms with Crippen molar-refractivity contribution < 1.29 is 0 Å². The molecule has 0 N–H and O–H groups in total. The van der Waals surface area contributed by atoms with E-state index in [0.29, 0.717) is 5.92 Å². The van der Waals surface area contributed by atoms with Crippen molar-refractivity contribution in [3.8, 4) is 11.1 Å². The van der Waals surface area contributed by atoms with Crippen LogP contribution in [-0.2, 0) is 6.42 Å². The number of aryl methyl sites for hydroxylation is 3. The van der Waals surface area contributed by atoms with Crippen molar-refractivity contribution in [2.24, 2.45) is 0 Å². The van der Waals surface area contributed by atoms with Gasteiger partial charge in [0.05, 0.1) is 5.52 Å². The zero-order valence-electron chi connectivity index (χ0n) is 17.9. The average molecular weight is 380 g/mol. The van der Waals surface area contributed by atoms with Gasteiger partial charge in [-0.1, -0.05) is 80.4 Å². The Labute approximate surface area is 174 Å². The van der Waals surface area contributed by atoms with Crippen LogP contribution in [0.2, 0.25) is 0 Å². The minimum atomic E-state index is 0.314. The second-order valence-electron chi connectivity index (χ2n) is 8.17. The van der Waals surface area contributed by atoms with E-state index in [1.54, 1.807) is 0 Å². The number of nitrogens with zero attached hydrogens (tertiary/aromatic N) is 1. The number of pyridine rings is 1. The van der Waals surface area contributed by atoms with E-state index in [-0.39, 0.29) is 0 Å². The van der Waals surface area contributed by atoms with Crippen LogP contribution in [0.4, 0.5) is 0 Å². The molecule has 1 unspecified atom stereocenters. The van der Waals surface area contributed by atoms with Crippen molar-refractivity contribution in [2.75, 3.05) is 0 Å². The summed E-state index contributed by atoms with van der Waals surface area (Å²) in [4.78, 5) is 4.66. The Balaban J connectivity index is 1.70. The van der Waals surface area contributed by atoms with Gasteiger partial charge in [-0.2, -0.15) is 0 Å². The molecule has 0 radical (unpaired) electrons. The first-order valence-corrected chi connectivity index (χ1v) is 10.6. The third-order valence-corrected chi connectivity index (χ3v) is 5.94. The fraction of sp³-hybridized carbons (Fsp3) is 0.250. The van der Waals surface area contributed by atoms with E-state index in [4.69, 9.17) is 0 Å². The zero-order valence-corrected chi connectivity index (χ0v) is 17.9. The predicted molar refractivity (Wildman–Crippen MR) is 125 cm³/mol. The molecule has 0 spiro atoms. The highest BCUT2D eigenvalue weighted by atomic mass is 14.6. The molecule has 0 fully saturated rings. The summed E-state index contributed by atoms with van der Waals surface area (Å²) >= 11 is 0. The smallest absolute Gasteiger partial charge is 0.0702 e. The molecule has 0 saturated carbocycles. The first kappa shape index (κ1) is 19.4. The summed E-state index contributed by atoms with van der Waals surface area (Å²) in [5, 5.41) is 1.20. The molecular formula is C28H29N. The maximum atomic E-state index is 4.66. The Morgan fingerprint density at radius 1 is 0.897 bits per heavy atom. The van der Waals surface area contributed by atoms with Crippen LogP contribution in [0.1, 0.15) is 54.0 Å². The molecule has 0 aliphatic rings. The van der Waals surface area contributed by atoms with Gasteiger partial charge < -0.3 is 0 Å². The quantitative estimate of drug-likeness (QED) is 0.347. The SMILES string of the molecule is CCCc1cc(C)ccc1-c1ccc(C(C)c2cnc3ccccc3c2)c(C)c1. The fourth-order valence-electron chi connectivity index (χ4n) is 4.31. The van der Waals surface area contributed by atoms with Crippen molar-refractivity contribution in [2.45, 2.75) is 46.5 Å². The number of hydrogen-bond acceptors (Lipinski definition) is 1. The van der Waals surface area contributed by atoms with Gasteiger partial charge in [-0.25, -0.2) is 0 Å². The summed E-state index contributed by atoms with van der Waals surface area (Å²) in [5.74, 6) is 0.314. The molecule has 0 amide bonds. The number of benzene rings is 3. The first-order valence-electron chi connectivity index (χ1n) is 10.6. The van der Waals surface area contributed by atoms with E-state index in [0.717, 1.165) is 11.9 Å². The standard InChI is InChI=1S/C28H29N/c1-5-8-22-15-19(2)11-13-27(22)23-12-14-26(20(3)16-23)21(4)25-17-24-9-6-7-10-28(24)29-18-25/h6-7,9-18,21H,5,8H2,1-4H3. The third-order valence-electron chi connectivity index (χ3n) is 5.94. The van der Waals surface area contributed by atoms with Crippen LogP contribution in [0.3, 0.4) is 0 Å². The molecule has 0 aliphatic heterocycles. The average Bonchev–Trinajstić information content (AvgIpc) is 2.73. The lowest BCUT2D eigenvalue weighted by Crippen LogP contribution is -2.00. The van der Waals surface area contributed by atoms with E-state index in [9.17, 15) is 0 Å². The molecule has 4 aromatic rings. The van der Waals surface area contributed by atoms with Gasteiger partial charge >= 0.3 is 0 Å². The third kappa shape index (κ3) is 3.96. The van der Waals surface area contributed by atoms with Crippen molar-refractivity contribution in [3.05, 3.63) is 101 Å². The highest BCUT2D eigenvalue weighted by Gasteiger charge is 2.14. The molecule has 0 bridgehead atoms. The summed E-state index contributed by atoms with van der Waals surface area (Å²) in [7, 11) is 0. The molecule has 4 rings (SSSR count). The maximum absolute atomic E-state index is 4.66. The topological polar surface area (TPSA) is 12.9 Å². The predicted octanol–water partition coefficient (Wildman–Crippen LogP) is 7.62. The summed E-state index contributed by atoms with van der Waals surface area (Å²) in [6.45, 7) is 8.94. The van der Waals surface area contributed by atoms with Crippen molar-refractivity contribution >= 4 is 10.9 Å². The largest absolute Gasteiger partial charge is 0.256 e. The Hall–Kier alpha value is -2.93. The Bertz CT molecular complexity index is 1160. The van der Waals surface area contributed by atoms with Crippen LogP contribution in [0.25, 0.3) is 22.0 Å². The van der Waals surface area contributed by atoms with Crippen LogP contribution in [0, 0.1) is 13.8 Å². The fourth-order valence-corrected chi connectivity index (χ4v) is 4.31. The van der Waals surface area contributed by atoms with Crippen molar-refractivity contribution in [3.63, 3.8) is 0 Å². The zero-order chi connectivity index (χ0) is 20.4. The molecule has 1 heterocycles. The number of para-hydroxylation sites is 1. The van der Waals surface area contributed by atoms with Crippen LogP contribution < -0.4 is 0 Å². The van der Waals surface area contributed by atoms with E-state index in [1.165, 1.54) is 50.8 Å². The summed E-state index contributed by atoms with van der Waals surface area (Å²) in [5.41, 5.74) is 10.5. The molecular weight excluding hydrogens is 350 g/mol. The van der Waals surface area contributed by atoms with Crippen LogP contribution in [-0.4, -0.2) is 4.98 Å². The second kappa shape index (κ2) is 8.21. The van der Waals surface area contributed by atoms with Crippen LogP contribution >= 0.6 is 0 Å². The van der Waals surface area contributed by atoms with Crippen molar-refractivity contribution in [1.29, 1.82) is 0 Å². The maximum Gasteiger partial charge on any atom is 0.0702 e. The molecule has 29 heavy (non-hydrogen) atoms. The molecule has 3 aromatic carbocycles. The normalized spacial score (nSPS) is 12.3. The molecule has 0 aliphatic carbocycles. The van der Waals surface area contributed by atoms with Gasteiger partial charge in [0.25, 0.3) is 0 Å². The number of hydrogen-bond donors (Lipinski definition) is 0. The lowest BCUT2D eigenvalue weighted by molar-refractivity contribution is 0.904. The minimum Gasteiger partial charge on any atom is -0.256 e. The van der Waals surface area contributed by atoms with E-state index < -0.39 is 0 Å². The number of aromatic nitrogens is 1. The summed E-state index contributed by atoms with van der Waals surface area (Å²) < 4.78 is 0. The summed E-state index contributed by atoms with van der Waals surface area (Å²) in [6, 6.07) is 24.4. The molecule has 1 heteroatoms. The van der Waals surface area contributed by atoms with Crippen molar-refractivity contribution in [1.82, 2.24) is 4.98 Å². The van der Waals surface area contributed by atoms with Gasteiger partial charge in [0.2, 0.25) is 0 Å². The van der Waals surface area contributed by atoms with Gasteiger partial charge in [-0.05, 0) is 65.8 Å². The van der Waals surface area contributed by atoms with Gasteiger partial charge in [0.1, 0.15) is 0 Å². The van der Waals surface area contributed by atoms with Gasteiger partial charge in [0.15, 0.2) is 0 Å². The molecule has 1 atom stereocenters. The van der Waals surface area contributed by atoms with Gasteiger partial charge in [-0.15, -0.1) is 0 Å². The number of rotatable bonds is 5. The lowest BCUT2D eigenvalue weighted by Gasteiger charge is -2.18. The van der Waals surface area contributed by atoms with Crippen LogP contribution in [0.5, 0.6) is 0 Å². The second-order valence-corrected chi connectivity index (χ2v) is 8.17. The highest BCUT2D eigenvalue weighted by Crippen LogP contribution is 2.32.